The number of fused-ring (bicyclic) bond motifs is 2. The molecule has 1 radical (unpaired) electrons. The van der Waals surface area contributed by atoms with Gasteiger partial charge in [-0.15, -0.1) is 0 Å². The third kappa shape index (κ3) is 0.983. The predicted molar refractivity (Wildman–Crippen MR) is 53.9 cm³/mol. The summed E-state index contributed by atoms with van der Waals surface area (Å²) in [5.41, 5.74) is 4.41. The van der Waals surface area contributed by atoms with Crippen molar-refractivity contribution >= 4 is 0 Å². The van der Waals surface area contributed by atoms with Crippen LogP contribution in [0.5, 0.6) is 0 Å². The average Bonchev–Trinajstić information content (AvgIpc) is 2.65. The van der Waals surface area contributed by atoms with Crippen LogP contribution in [0.4, 0.5) is 0 Å². The molecule has 0 heterocycles. The molecule has 0 aromatic heterocycles. The molecule has 0 bridgehead atoms. The molecule has 3 aliphatic rings. The van der Waals surface area contributed by atoms with Crippen LogP contribution in [0.25, 0.3) is 0 Å². The van der Waals surface area contributed by atoms with Gasteiger partial charge in [-0.2, -0.15) is 0 Å². The highest BCUT2D eigenvalue weighted by Gasteiger charge is 2.23. The Kier molecular flexibility index (Phi) is 1.42. The highest BCUT2D eigenvalue weighted by atomic mass is 14.3. The maximum absolute atomic E-state index is 3.36. The Morgan fingerprint density at radius 3 is 3.15 bits per heavy atom. The van der Waals surface area contributed by atoms with Crippen LogP contribution in [0, 0.1) is 12.0 Å². The van der Waals surface area contributed by atoms with Gasteiger partial charge in [0.05, 0.1) is 0 Å². The highest BCUT2D eigenvalue weighted by Crippen LogP contribution is 2.38. The van der Waals surface area contributed by atoms with E-state index in [-0.39, 0.29) is 0 Å². The second-order valence-corrected chi connectivity index (χ2v) is 3.70. The largest absolute Gasteiger partial charge is 0.0841 e. The van der Waals surface area contributed by atoms with Gasteiger partial charge in [0.2, 0.25) is 0 Å². The molecule has 1 unspecified atom stereocenters. The average molecular weight is 167 g/mol. The number of hydrogen-bond donors (Lipinski definition) is 0. The van der Waals surface area contributed by atoms with Crippen LogP contribution in [0.1, 0.15) is 12.8 Å². The molecule has 0 amide bonds. The van der Waals surface area contributed by atoms with Crippen molar-refractivity contribution in [3.05, 3.63) is 59.3 Å². The van der Waals surface area contributed by atoms with Gasteiger partial charge < -0.3 is 0 Å². The van der Waals surface area contributed by atoms with Crippen molar-refractivity contribution in [2.75, 3.05) is 0 Å². The molecule has 0 heteroatoms. The fraction of sp³-hybridized carbons (Fsp3) is 0.231. The summed E-state index contributed by atoms with van der Waals surface area (Å²) in [6, 6.07) is 0. The first-order valence-electron chi connectivity index (χ1n) is 4.80. The molecule has 0 saturated carbocycles. The van der Waals surface area contributed by atoms with Crippen LogP contribution in [0.15, 0.2) is 53.2 Å². The Labute approximate surface area is 78.7 Å². The van der Waals surface area contributed by atoms with E-state index in [1.165, 1.54) is 11.1 Å². The van der Waals surface area contributed by atoms with E-state index in [2.05, 4.69) is 42.5 Å². The van der Waals surface area contributed by atoms with E-state index in [4.69, 9.17) is 0 Å². The first-order valence-corrected chi connectivity index (χ1v) is 4.80. The lowest BCUT2D eigenvalue weighted by molar-refractivity contribution is 0.838. The Balaban J connectivity index is 2.07. The van der Waals surface area contributed by atoms with Crippen LogP contribution >= 0.6 is 0 Å². The fourth-order valence-corrected chi connectivity index (χ4v) is 2.25. The molecule has 0 fully saturated rings. The molecule has 3 rings (SSSR count). The number of hydrogen-bond acceptors (Lipinski definition) is 0. The minimum absolute atomic E-state index is 0.546. The predicted octanol–water partition coefficient (Wildman–Crippen LogP) is 3.12. The second kappa shape index (κ2) is 2.59. The van der Waals surface area contributed by atoms with E-state index in [0.29, 0.717) is 5.92 Å². The van der Waals surface area contributed by atoms with Crippen LogP contribution < -0.4 is 0 Å². The molecule has 0 N–H and O–H groups in total. The summed E-state index contributed by atoms with van der Waals surface area (Å²) in [6.07, 6.45) is 18.9. The van der Waals surface area contributed by atoms with Gasteiger partial charge >= 0.3 is 0 Å². The zero-order valence-electron chi connectivity index (χ0n) is 7.46. The number of rotatable bonds is 0. The zero-order chi connectivity index (χ0) is 8.67. The third-order valence-corrected chi connectivity index (χ3v) is 2.96. The molecule has 0 aromatic carbocycles. The Morgan fingerprint density at radius 1 is 1.23 bits per heavy atom. The first kappa shape index (κ1) is 7.14. The molecule has 13 heavy (non-hydrogen) atoms. The zero-order valence-corrected chi connectivity index (χ0v) is 7.46. The van der Waals surface area contributed by atoms with E-state index < -0.39 is 0 Å². The molecule has 63 valence electrons. The van der Waals surface area contributed by atoms with Gasteiger partial charge in [0, 0.05) is 5.92 Å². The Hall–Kier alpha value is -1.30. The Morgan fingerprint density at radius 2 is 2.15 bits per heavy atom. The SMILES string of the molecule is [C]1=CC2=C(CC=CC2)C2C=CC=C12. The van der Waals surface area contributed by atoms with Crippen LogP contribution in [-0.4, -0.2) is 0 Å². The van der Waals surface area contributed by atoms with Gasteiger partial charge in [0.15, 0.2) is 0 Å². The van der Waals surface area contributed by atoms with Crippen LogP contribution in [0.2, 0.25) is 0 Å². The van der Waals surface area contributed by atoms with Crippen molar-refractivity contribution < 1.29 is 0 Å². The van der Waals surface area contributed by atoms with Crippen molar-refractivity contribution in [2.24, 2.45) is 5.92 Å². The minimum Gasteiger partial charge on any atom is -0.0841 e. The monoisotopic (exact) mass is 167 g/mol. The van der Waals surface area contributed by atoms with Gasteiger partial charge in [0.1, 0.15) is 0 Å². The standard InChI is InChI=1S/C13H11/c1-2-6-12-10(4-1)8-9-11-5-3-7-13(11)12/h1-3,5,7-8,13H,4,6H2. The normalized spacial score (nSPS) is 28.9. The highest BCUT2D eigenvalue weighted by molar-refractivity contribution is 5.50. The summed E-state index contributed by atoms with van der Waals surface area (Å²) in [7, 11) is 0. The van der Waals surface area contributed by atoms with Crippen LogP contribution in [0.3, 0.4) is 0 Å². The van der Waals surface area contributed by atoms with Gasteiger partial charge in [0.25, 0.3) is 0 Å². The van der Waals surface area contributed by atoms with Crippen molar-refractivity contribution in [3.8, 4) is 0 Å². The van der Waals surface area contributed by atoms with E-state index in [9.17, 15) is 0 Å². The van der Waals surface area contributed by atoms with Gasteiger partial charge in [-0.05, 0) is 30.1 Å². The van der Waals surface area contributed by atoms with E-state index >= 15 is 0 Å². The van der Waals surface area contributed by atoms with Crippen molar-refractivity contribution in [1.29, 1.82) is 0 Å². The second-order valence-electron chi connectivity index (χ2n) is 3.70. The van der Waals surface area contributed by atoms with E-state index in [1.54, 1.807) is 5.57 Å². The molecular weight excluding hydrogens is 156 g/mol. The summed E-state index contributed by atoms with van der Waals surface area (Å²) in [6.45, 7) is 0. The maximum atomic E-state index is 3.36. The molecule has 0 spiro atoms. The first-order chi connectivity index (χ1) is 6.45. The summed E-state index contributed by atoms with van der Waals surface area (Å²) in [4.78, 5) is 0. The van der Waals surface area contributed by atoms with Crippen LogP contribution in [-0.2, 0) is 0 Å². The fourth-order valence-electron chi connectivity index (χ4n) is 2.25. The number of allylic oxidation sites excluding steroid dienone is 10. The van der Waals surface area contributed by atoms with Crippen molar-refractivity contribution in [3.63, 3.8) is 0 Å². The summed E-state index contributed by atoms with van der Waals surface area (Å²) < 4.78 is 0. The third-order valence-electron chi connectivity index (χ3n) is 2.96. The quantitative estimate of drug-likeness (QED) is 0.486. The lowest BCUT2D eigenvalue weighted by Crippen LogP contribution is -2.09. The van der Waals surface area contributed by atoms with Crippen molar-refractivity contribution in [2.45, 2.75) is 12.8 Å². The molecule has 0 aliphatic heterocycles. The summed E-state index contributed by atoms with van der Waals surface area (Å²) in [5.74, 6) is 0.546. The molecule has 0 aromatic rings. The van der Waals surface area contributed by atoms with E-state index in [1.807, 2.05) is 0 Å². The maximum Gasteiger partial charge on any atom is 0.0246 e. The summed E-state index contributed by atoms with van der Waals surface area (Å²) in [5, 5.41) is 0. The smallest absolute Gasteiger partial charge is 0.0246 e. The van der Waals surface area contributed by atoms with Gasteiger partial charge in [-0.1, -0.05) is 42.0 Å². The molecule has 3 aliphatic carbocycles. The lowest BCUT2D eigenvalue weighted by atomic mass is 9.80. The van der Waals surface area contributed by atoms with Crippen molar-refractivity contribution in [1.82, 2.24) is 0 Å². The lowest BCUT2D eigenvalue weighted by Gasteiger charge is -2.24. The Bertz CT molecular complexity index is 386. The van der Waals surface area contributed by atoms with Gasteiger partial charge in [-0.3, -0.25) is 0 Å². The molecular formula is C13H11. The molecule has 0 nitrogen and oxygen atoms in total. The summed E-state index contributed by atoms with van der Waals surface area (Å²) >= 11 is 0. The van der Waals surface area contributed by atoms with E-state index in [0.717, 1.165) is 12.8 Å². The minimum atomic E-state index is 0.546. The molecule has 1 atom stereocenters. The van der Waals surface area contributed by atoms with Gasteiger partial charge in [-0.25, -0.2) is 0 Å². The molecule has 0 saturated heterocycles. The topological polar surface area (TPSA) is 0 Å².